The van der Waals surface area contributed by atoms with Gasteiger partial charge in [-0.05, 0) is 27.7 Å². The van der Waals surface area contributed by atoms with Gasteiger partial charge in [0.1, 0.15) is 5.82 Å². The summed E-state index contributed by atoms with van der Waals surface area (Å²) >= 11 is 0. The maximum Gasteiger partial charge on any atom is 0.106 e. The minimum absolute atomic E-state index is 0.110. The second-order valence-corrected chi connectivity index (χ2v) is 4.69. The van der Waals surface area contributed by atoms with Gasteiger partial charge in [-0.15, -0.1) is 6.42 Å². The SMILES string of the molecule is C#CCn1c(CNC(C)(C)C)cnc1C. The molecule has 0 bridgehead atoms. The third-order valence-corrected chi connectivity index (χ3v) is 2.19. The zero-order valence-corrected chi connectivity index (χ0v) is 9.96. The van der Waals surface area contributed by atoms with Crippen LogP contribution in [0.3, 0.4) is 0 Å². The van der Waals surface area contributed by atoms with Crippen LogP contribution in [0.5, 0.6) is 0 Å². The summed E-state index contributed by atoms with van der Waals surface area (Å²) in [4.78, 5) is 4.26. The molecule has 0 saturated carbocycles. The highest BCUT2D eigenvalue weighted by molar-refractivity contribution is 5.07. The van der Waals surface area contributed by atoms with Crippen molar-refractivity contribution in [3.8, 4) is 12.3 Å². The molecule has 1 heterocycles. The van der Waals surface area contributed by atoms with Crippen molar-refractivity contribution in [1.29, 1.82) is 0 Å². The van der Waals surface area contributed by atoms with Gasteiger partial charge in [-0.1, -0.05) is 5.92 Å². The molecule has 1 aromatic heterocycles. The number of hydrogen-bond donors (Lipinski definition) is 1. The van der Waals surface area contributed by atoms with Crippen LogP contribution in [0.2, 0.25) is 0 Å². The van der Waals surface area contributed by atoms with E-state index in [0.29, 0.717) is 6.54 Å². The molecule has 0 aliphatic rings. The Morgan fingerprint density at radius 1 is 1.53 bits per heavy atom. The number of nitrogens with one attached hydrogen (secondary N) is 1. The van der Waals surface area contributed by atoms with Gasteiger partial charge in [-0.25, -0.2) is 4.98 Å². The Balaban J connectivity index is 2.73. The van der Waals surface area contributed by atoms with Crippen LogP contribution in [-0.2, 0) is 13.1 Å². The minimum atomic E-state index is 0.110. The Hall–Kier alpha value is -1.27. The number of imidazole rings is 1. The monoisotopic (exact) mass is 205 g/mol. The number of aromatic nitrogens is 2. The summed E-state index contributed by atoms with van der Waals surface area (Å²) in [6, 6.07) is 0. The average Bonchev–Trinajstić information content (AvgIpc) is 2.45. The molecule has 3 heteroatoms. The van der Waals surface area contributed by atoms with Crippen LogP contribution < -0.4 is 5.32 Å². The Labute approximate surface area is 91.9 Å². The van der Waals surface area contributed by atoms with Crippen LogP contribution in [-0.4, -0.2) is 15.1 Å². The summed E-state index contributed by atoms with van der Waals surface area (Å²) in [6.45, 7) is 9.78. The smallest absolute Gasteiger partial charge is 0.106 e. The molecule has 0 saturated heterocycles. The molecule has 0 aliphatic carbocycles. The molecule has 15 heavy (non-hydrogen) atoms. The van der Waals surface area contributed by atoms with Crippen molar-refractivity contribution < 1.29 is 0 Å². The van der Waals surface area contributed by atoms with E-state index in [2.05, 4.69) is 41.6 Å². The average molecular weight is 205 g/mol. The first-order valence-electron chi connectivity index (χ1n) is 5.13. The van der Waals surface area contributed by atoms with Crippen molar-refractivity contribution in [3.05, 3.63) is 17.7 Å². The molecular weight excluding hydrogens is 186 g/mol. The third kappa shape index (κ3) is 3.41. The van der Waals surface area contributed by atoms with E-state index in [1.807, 2.05) is 13.1 Å². The molecular formula is C12H19N3. The summed E-state index contributed by atoms with van der Waals surface area (Å²) < 4.78 is 2.05. The highest BCUT2D eigenvalue weighted by atomic mass is 15.1. The van der Waals surface area contributed by atoms with Crippen LogP contribution in [0.25, 0.3) is 0 Å². The van der Waals surface area contributed by atoms with E-state index < -0.39 is 0 Å². The van der Waals surface area contributed by atoms with E-state index in [-0.39, 0.29) is 5.54 Å². The largest absolute Gasteiger partial charge is 0.319 e. The first-order valence-corrected chi connectivity index (χ1v) is 5.13. The van der Waals surface area contributed by atoms with E-state index in [1.54, 1.807) is 0 Å². The topological polar surface area (TPSA) is 29.9 Å². The van der Waals surface area contributed by atoms with Gasteiger partial charge in [0, 0.05) is 18.3 Å². The summed E-state index contributed by atoms with van der Waals surface area (Å²) in [5, 5.41) is 3.42. The molecule has 1 rings (SSSR count). The number of hydrogen-bond acceptors (Lipinski definition) is 2. The van der Waals surface area contributed by atoms with E-state index in [9.17, 15) is 0 Å². The van der Waals surface area contributed by atoms with Gasteiger partial charge in [-0.2, -0.15) is 0 Å². The first-order chi connectivity index (χ1) is 6.94. The van der Waals surface area contributed by atoms with Gasteiger partial charge in [0.2, 0.25) is 0 Å². The zero-order chi connectivity index (χ0) is 11.5. The predicted molar refractivity (Wildman–Crippen MR) is 62.4 cm³/mol. The van der Waals surface area contributed by atoms with Gasteiger partial charge >= 0.3 is 0 Å². The fourth-order valence-corrected chi connectivity index (χ4v) is 1.32. The molecule has 3 nitrogen and oxygen atoms in total. The highest BCUT2D eigenvalue weighted by Crippen LogP contribution is 2.07. The Morgan fingerprint density at radius 3 is 2.73 bits per heavy atom. The fraction of sp³-hybridized carbons (Fsp3) is 0.583. The lowest BCUT2D eigenvalue weighted by Gasteiger charge is -2.20. The normalized spacial score (nSPS) is 11.4. The summed E-state index contributed by atoms with van der Waals surface area (Å²) in [5.41, 5.74) is 1.25. The van der Waals surface area contributed by atoms with E-state index in [1.165, 1.54) is 0 Å². The molecule has 0 aromatic carbocycles. The van der Waals surface area contributed by atoms with Gasteiger partial charge in [-0.3, -0.25) is 0 Å². The predicted octanol–water partition coefficient (Wildman–Crippen LogP) is 1.71. The first kappa shape index (κ1) is 11.8. The second kappa shape index (κ2) is 4.50. The van der Waals surface area contributed by atoms with Gasteiger partial charge < -0.3 is 9.88 Å². The zero-order valence-electron chi connectivity index (χ0n) is 9.96. The van der Waals surface area contributed by atoms with Crippen molar-refractivity contribution in [2.75, 3.05) is 0 Å². The van der Waals surface area contributed by atoms with Crippen molar-refractivity contribution >= 4 is 0 Å². The van der Waals surface area contributed by atoms with Crippen LogP contribution in [0.4, 0.5) is 0 Å². The lowest BCUT2D eigenvalue weighted by atomic mass is 10.1. The Bertz CT molecular complexity index is 363. The molecule has 0 atom stereocenters. The molecule has 0 radical (unpaired) electrons. The minimum Gasteiger partial charge on any atom is -0.319 e. The molecule has 82 valence electrons. The van der Waals surface area contributed by atoms with E-state index in [0.717, 1.165) is 18.1 Å². The van der Waals surface area contributed by atoms with E-state index >= 15 is 0 Å². The quantitative estimate of drug-likeness (QED) is 0.761. The van der Waals surface area contributed by atoms with Crippen molar-refractivity contribution in [1.82, 2.24) is 14.9 Å². The molecule has 1 aromatic rings. The highest BCUT2D eigenvalue weighted by Gasteiger charge is 2.11. The van der Waals surface area contributed by atoms with Gasteiger partial charge in [0.05, 0.1) is 12.2 Å². The fourth-order valence-electron chi connectivity index (χ4n) is 1.32. The van der Waals surface area contributed by atoms with Crippen LogP contribution in [0.1, 0.15) is 32.3 Å². The van der Waals surface area contributed by atoms with Crippen molar-refractivity contribution in [2.24, 2.45) is 0 Å². The number of rotatable bonds is 3. The Morgan fingerprint density at radius 2 is 2.20 bits per heavy atom. The maximum absolute atomic E-state index is 5.32. The third-order valence-electron chi connectivity index (χ3n) is 2.19. The van der Waals surface area contributed by atoms with Crippen molar-refractivity contribution in [3.63, 3.8) is 0 Å². The lowest BCUT2D eigenvalue weighted by molar-refractivity contribution is 0.417. The van der Waals surface area contributed by atoms with Crippen LogP contribution in [0.15, 0.2) is 6.20 Å². The Kier molecular flexibility index (Phi) is 3.54. The summed E-state index contributed by atoms with van der Waals surface area (Å²) in [6.07, 6.45) is 7.20. The second-order valence-electron chi connectivity index (χ2n) is 4.69. The lowest BCUT2D eigenvalue weighted by Crippen LogP contribution is -2.35. The van der Waals surface area contributed by atoms with E-state index in [4.69, 9.17) is 6.42 Å². The van der Waals surface area contributed by atoms with Gasteiger partial charge in [0.25, 0.3) is 0 Å². The summed E-state index contributed by atoms with van der Waals surface area (Å²) in [5.74, 6) is 3.61. The molecule has 0 spiro atoms. The standard InChI is InChI=1S/C12H19N3/c1-6-7-15-10(2)13-8-11(15)9-14-12(3,4)5/h1,8,14H,7,9H2,2-5H3. The number of terminal acetylenes is 1. The molecule has 1 N–H and O–H groups in total. The molecule has 0 aliphatic heterocycles. The number of aryl methyl sites for hydroxylation is 1. The van der Waals surface area contributed by atoms with Gasteiger partial charge in [0.15, 0.2) is 0 Å². The molecule has 0 amide bonds. The van der Waals surface area contributed by atoms with Crippen molar-refractivity contribution in [2.45, 2.75) is 46.3 Å². The van der Waals surface area contributed by atoms with Crippen LogP contribution >= 0.6 is 0 Å². The molecule has 0 fully saturated rings. The summed E-state index contributed by atoms with van der Waals surface area (Å²) in [7, 11) is 0. The maximum atomic E-state index is 5.32. The van der Waals surface area contributed by atoms with Crippen LogP contribution in [0, 0.1) is 19.3 Å². The molecule has 0 unspecified atom stereocenters. The number of nitrogens with zero attached hydrogens (tertiary/aromatic N) is 2.